The number of nitrogens with zero attached hydrogens (tertiary/aromatic N) is 1. The Morgan fingerprint density at radius 2 is 1.88 bits per heavy atom. The number of phenolic OH excluding ortho intramolecular Hbond substituents is 1. The van der Waals surface area contributed by atoms with Gasteiger partial charge in [0.15, 0.2) is 5.76 Å². The van der Waals surface area contributed by atoms with Crippen LogP contribution in [0.15, 0.2) is 53.1 Å². The lowest BCUT2D eigenvalue weighted by Crippen LogP contribution is -2.04. The molecular weight excluding hydrogens is 339 g/mol. The SMILES string of the molecule is O=C(O)c1cccc(-c2ncc(-c3ccc(C(F)(F)F)cc3O)o2)c1. The fourth-order valence-electron chi connectivity index (χ4n) is 2.23. The lowest BCUT2D eigenvalue weighted by Gasteiger charge is -2.08. The molecular formula is C17H10F3NO4. The molecule has 2 aromatic carbocycles. The predicted octanol–water partition coefficient (Wildman–Crippen LogP) is 4.43. The minimum Gasteiger partial charge on any atom is -0.507 e. The average Bonchev–Trinajstić information content (AvgIpc) is 3.03. The van der Waals surface area contributed by atoms with E-state index in [1.807, 2.05) is 0 Å². The Morgan fingerprint density at radius 3 is 2.52 bits per heavy atom. The van der Waals surface area contributed by atoms with Gasteiger partial charge in [-0.25, -0.2) is 9.78 Å². The zero-order valence-corrected chi connectivity index (χ0v) is 12.4. The normalized spacial score (nSPS) is 11.5. The molecule has 3 rings (SSSR count). The van der Waals surface area contributed by atoms with Crippen molar-refractivity contribution in [2.45, 2.75) is 6.18 Å². The minimum absolute atomic E-state index is 0.0367. The maximum atomic E-state index is 12.6. The van der Waals surface area contributed by atoms with Crippen LogP contribution >= 0.6 is 0 Å². The van der Waals surface area contributed by atoms with Crippen molar-refractivity contribution in [1.82, 2.24) is 4.98 Å². The Hall–Kier alpha value is -3.29. The maximum absolute atomic E-state index is 12.6. The summed E-state index contributed by atoms with van der Waals surface area (Å²) in [6.07, 6.45) is -3.33. The van der Waals surface area contributed by atoms with Crippen molar-refractivity contribution in [3.63, 3.8) is 0 Å². The van der Waals surface area contributed by atoms with Crippen molar-refractivity contribution in [2.24, 2.45) is 0 Å². The molecule has 0 saturated heterocycles. The number of aromatic carboxylic acids is 1. The molecule has 0 unspecified atom stereocenters. The number of carboxylic acids is 1. The topological polar surface area (TPSA) is 83.6 Å². The standard InChI is InChI=1S/C17H10F3NO4/c18-17(19,20)11-4-5-12(13(22)7-11)14-8-21-15(25-14)9-2-1-3-10(6-9)16(23)24/h1-8,22H,(H,23,24). The van der Waals surface area contributed by atoms with Gasteiger partial charge in [0.25, 0.3) is 0 Å². The number of oxazole rings is 1. The van der Waals surface area contributed by atoms with Crippen LogP contribution in [-0.2, 0) is 6.18 Å². The number of aromatic nitrogens is 1. The van der Waals surface area contributed by atoms with E-state index in [-0.39, 0.29) is 22.8 Å². The van der Waals surface area contributed by atoms with Crippen molar-refractivity contribution >= 4 is 5.97 Å². The van der Waals surface area contributed by atoms with Crippen LogP contribution in [0.25, 0.3) is 22.8 Å². The molecule has 0 aliphatic heterocycles. The molecule has 2 N–H and O–H groups in total. The van der Waals surface area contributed by atoms with Crippen LogP contribution in [0.2, 0.25) is 0 Å². The molecule has 0 bridgehead atoms. The number of rotatable bonds is 3. The van der Waals surface area contributed by atoms with Crippen LogP contribution < -0.4 is 0 Å². The van der Waals surface area contributed by atoms with Gasteiger partial charge in [0.2, 0.25) is 5.89 Å². The minimum atomic E-state index is -4.57. The smallest absolute Gasteiger partial charge is 0.416 e. The van der Waals surface area contributed by atoms with Gasteiger partial charge in [-0.2, -0.15) is 13.2 Å². The van der Waals surface area contributed by atoms with Crippen LogP contribution in [0.3, 0.4) is 0 Å². The second-order valence-electron chi connectivity index (χ2n) is 5.15. The van der Waals surface area contributed by atoms with Gasteiger partial charge in [-0.1, -0.05) is 6.07 Å². The summed E-state index contributed by atoms with van der Waals surface area (Å²) in [6.45, 7) is 0. The van der Waals surface area contributed by atoms with Gasteiger partial charge in [0, 0.05) is 5.56 Å². The molecule has 5 nitrogen and oxygen atoms in total. The average molecular weight is 349 g/mol. The quantitative estimate of drug-likeness (QED) is 0.731. The predicted molar refractivity (Wildman–Crippen MR) is 81.0 cm³/mol. The number of hydrogen-bond donors (Lipinski definition) is 2. The Morgan fingerprint density at radius 1 is 1.12 bits per heavy atom. The third kappa shape index (κ3) is 3.32. The van der Waals surface area contributed by atoms with Crippen LogP contribution in [0, 0.1) is 0 Å². The van der Waals surface area contributed by atoms with Gasteiger partial charge >= 0.3 is 12.1 Å². The van der Waals surface area contributed by atoms with Crippen molar-refractivity contribution < 1.29 is 32.6 Å². The van der Waals surface area contributed by atoms with Crippen molar-refractivity contribution in [3.05, 3.63) is 59.8 Å². The van der Waals surface area contributed by atoms with Gasteiger partial charge in [-0.15, -0.1) is 0 Å². The highest BCUT2D eigenvalue weighted by molar-refractivity contribution is 5.89. The van der Waals surface area contributed by atoms with Crippen LogP contribution in [0.4, 0.5) is 13.2 Å². The summed E-state index contributed by atoms with van der Waals surface area (Å²) >= 11 is 0. The summed E-state index contributed by atoms with van der Waals surface area (Å²) in [5, 5.41) is 18.8. The largest absolute Gasteiger partial charge is 0.507 e. The monoisotopic (exact) mass is 349 g/mol. The highest BCUT2D eigenvalue weighted by Crippen LogP contribution is 2.37. The first kappa shape index (κ1) is 16.6. The summed E-state index contributed by atoms with van der Waals surface area (Å²) < 4.78 is 43.4. The third-order valence-electron chi connectivity index (χ3n) is 3.45. The molecule has 0 atom stereocenters. The van der Waals surface area contributed by atoms with Crippen LogP contribution in [0.1, 0.15) is 15.9 Å². The van der Waals surface area contributed by atoms with E-state index in [4.69, 9.17) is 9.52 Å². The van der Waals surface area contributed by atoms with Gasteiger partial charge in [0.05, 0.1) is 22.9 Å². The molecule has 25 heavy (non-hydrogen) atoms. The molecule has 0 amide bonds. The number of halogens is 3. The number of carbonyl (C=O) groups is 1. The first-order valence-electron chi connectivity index (χ1n) is 6.96. The Bertz CT molecular complexity index is 947. The van der Waals surface area contributed by atoms with Gasteiger partial charge < -0.3 is 14.6 Å². The summed E-state index contributed by atoms with van der Waals surface area (Å²) in [5.74, 6) is -1.58. The highest BCUT2D eigenvalue weighted by atomic mass is 19.4. The fourth-order valence-corrected chi connectivity index (χ4v) is 2.23. The summed E-state index contributed by atoms with van der Waals surface area (Å²) in [7, 11) is 0. The molecule has 0 spiro atoms. The van der Waals surface area contributed by atoms with E-state index in [0.717, 1.165) is 12.1 Å². The second-order valence-corrected chi connectivity index (χ2v) is 5.15. The van der Waals surface area contributed by atoms with E-state index < -0.39 is 23.5 Å². The molecule has 1 aromatic heterocycles. The first-order chi connectivity index (χ1) is 11.8. The molecule has 1 heterocycles. The number of alkyl halides is 3. The molecule has 0 radical (unpaired) electrons. The Labute approximate surface area is 139 Å². The summed E-state index contributed by atoms with van der Waals surface area (Å²) in [4.78, 5) is 15.0. The number of hydrogen-bond acceptors (Lipinski definition) is 4. The number of phenols is 1. The third-order valence-corrected chi connectivity index (χ3v) is 3.45. The fraction of sp³-hybridized carbons (Fsp3) is 0.0588. The van der Waals surface area contributed by atoms with Crippen LogP contribution in [0.5, 0.6) is 5.75 Å². The molecule has 0 fully saturated rings. The van der Waals surface area contributed by atoms with Crippen molar-refractivity contribution in [3.8, 4) is 28.5 Å². The van der Waals surface area contributed by atoms with Crippen molar-refractivity contribution in [2.75, 3.05) is 0 Å². The van der Waals surface area contributed by atoms with E-state index in [2.05, 4.69) is 4.98 Å². The van der Waals surface area contributed by atoms with E-state index in [1.54, 1.807) is 6.07 Å². The molecule has 8 heteroatoms. The lowest BCUT2D eigenvalue weighted by molar-refractivity contribution is -0.137. The molecule has 0 aliphatic carbocycles. The van der Waals surface area contributed by atoms with E-state index in [0.29, 0.717) is 11.6 Å². The zero-order valence-electron chi connectivity index (χ0n) is 12.4. The van der Waals surface area contributed by atoms with Crippen LogP contribution in [-0.4, -0.2) is 21.2 Å². The molecule has 128 valence electrons. The molecule has 3 aromatic rings. The number of carboxylic acid groups (broad SMARTS) is 1. The van der Waals surface area contributed by atoms with Gasteiger partial charge in [-0.05, 0) is 36.4 Å². The van der Waals surface area contributed by atoms with E-state index in [9.17, 15) is 23.1 Å². The lowest BCUT2D eigenvalue weighted by atomic mass is 10.1. The molecule has 0 aliphatic rings. The highest BCUT2D eigenvalue weighted by Gasteiger charge is 2.31. The van der Waals surface area contributed by atoms with Crippen molar-refractivity contribution in [1.29, 1.82) is 0 Å². The van der Waals surface area contributed by atoms with E-state index in [1.165, 1.54) is 24.4 Å². The summed E-state index contributed by atoms with van der Waals surface area (Å²) in [5.41, 5.74) is -0.518. The van der Waals surface area contributed by atoms with Gasteiger partial charge in [0.1, 0.15) is 5.75 Å². The zero-order chi connectivity index (χ0) is 18.2. The first-order valence-corrected chi connectivity index (χ1v) is 6.96. The number of aromatic hydroxyl groups is 1. The second kappa shape index (κ2) is 5.97. The molecule has 0 saturated carbocycles. The van der Waals surface area contributed by atoms with E-state index >= 15 is 0 Å². The number of benzene rings is 2. The Balaban J connectivity index is 1.97. The Kier molecular flexibility index (Phi) is 3.96. The maximum Gasteiger partial charge on any atom is 0.416 e. The summed E-state index contributed by atoms with van der Waals surface area (Å²) in [6, 6.07) is 8.34. The van der Waals surface area contributed by atoms with Gasteiger partial charge in [-0.3, -0.25) is 0 Å².